The first-order valence-electron chi connectivity index (χ1n) is 7.01. The molecule has 1 aromatic rings. The number of hydrogen-bond donors (Lipinski definition) is 1. The molecule has 1 N–H and O–H groups in total. The topological polar surface area (TPSA) is 30.5 Å². The predicted molar refractivity (Wildman–Crippen MR) is 76.8 cm³/mol. The molecule has 3 rings (SSSR count). The third kappa shape index (κ3) is 2.30. The van der Waals surface area contributed by atoms with Crippen LogP contribution in [0.25, 0.3) is 0 Å². The van der Waals surface area contributed by atoms with E-state index in [9.17, 15) is 0 Å². The summed E-state index contributed by atoms with van der Waals surface area (Å²) in [6.07, 6.45) is 1.16. The molecule has 1 unspecified atom stereocenters. The molecular weight excluding hydrogens is 262 g/mol. The molecule has 1 saturated heterocycles. The van der Waals surface area contributed by atoms with Crippen LogP contribution in [0, 0.1) is 0 Å². The number of ether oxygens (including phenoxy) is 2. The second-order valence-electron chi connectivity index (χ2n) is 5.56. The van der Waals surface area contributed by atoms with E-state index in [1.807, 2.05) is 0 Å². The molecule has 2 heterocycles. The molecule has 0 amide bonds. The summed E-state index contributed by atoms with van der Waals surface area (Å²) >= 11 is 6.58. The van der Waals surface area contributed by atoms with E-state index in [0.717, 1.165) is 36.0 Å². The van der Waals surface area contributed by atoms with Crippen LogP contribution in [0.3, 0.4) is 0 Å². The minimum absolute atomic E-state index is 0.388. The van der Waals surface area contributed by atoms with Crippen molar-refractivity contribution in [3.8, 4) is 11.5 Å². The van der Waals surface area contributed by atoms with Crippen molar-refractivity contribution in [3.05, 3.63) is 22.2 Å². The van der Waals surface area contributed by atoms with Gasteiger partial charge in [0.15, 0.2) is 11.5 Å². The lowest BCUT2D eigenvalue weighted by molar-refractivity contribution is 0.171. The first-order chi connectivity index (χ1) is 9.18. The van der Waals surface area contributed by atoms with Crippen molar-refractivity contribution in [2.24, 2.45) is 0 Å². The lowest BCUT2D eigenvalue weighted by Gasteiger charge is -2.26. The zero-order chi connectivity index (χ0) is 13.4. The second kappa shape index (κ2) is 5.22. The summed E-state index contributed by atoms with van der Waals surface area (Å²) in [6.45, 7) is 7.65. The Morgan fingerprint density at radius 1 is 1.32 bits per heavy atom. The van der Waals surface area contributed by atoms with Crippen LogP contribution >= 0.6 is 11.6 Å². The predicted octanol–water partition coefficient (Wildman–Crippen LogP) is 3.31. The molecule has 2 aliphatic rings. The van der Waals surface area contributed by atoms with E-state index in [-0.39, 0.29) is 0 Å². The van der Waals surface area contributed by atoms with E-state index in [1.165, 1.54) is 11.1 Å². The Balaban J connectivity index is 2.13. The molecule has 1 atom stereocenters. The third-order valence-corrected chi connectivity index (χ3v) is 4.30. The Hall–Kier alpha value is -0.930. The first kappa shape index (κ1) is 13.1. The molecule has 0 aliphatic carbocycles. The number of halogens is 1. The SMILES string of the molecule is CC(C)c1c(C2CCNC2)cc2c(c1Cl)OCCO2. The summed E-state index contributed by atoms with van der Waals surface area (Å²) in [5.74, 6) is 2.46. The Morgan fingerprint density at radius 2 is 2.11 bits per heavy atom. The largest absolute Gasteiger partial charge is 0.486 e. The maximum absolute atomic E-state index is 6.58. The fraction of sp³-hybridized carbons (Fsp3) is 0.600. The molecule has 0 bridgehead atoms. The van der Waals surface area contributed by atoms with Crippen molar-refractivity contribution in [1.82, 2.24) is 5.32 Å². The minimum atomic E-state index is 0.388. The van der Waals surface area contributed by atoms with Crippen molar-refractivity contribution >= 4 is 11.6 Å². The molecule has 0 saturated carbocycles. The summed E-state index contributed by atoms with van der Waals surface area (Å²) in [5.41, 5.74) is 2.55. The summed E-state index contributed by atoms with van der Waals surface area (Å²) in [6, 6.07) is 2.15. The lowest BCUT2D eigenvalue weighted by Crippen LogP contribution is -2.18. The minimum Gasteiger partial charge on any atom is -0.486 e. The van der Waals surface area contributed by atoms with Gasteiger partial charge in [0.25, 0.3) is 0 Å². The van der Waals surface area contributed by atoms with Gasteiger partial charge in [0.05, 0.1) is 5.02 Å². The van der Waals surface area contributed by atoms with E-state index in [4.69, 9.17) is 21.1 Å². The van der Waals surface area contributed by atoms with Gasteiger partial charge in [-0.2, -0.15) is 0 Å². The van der Waals surface area contributed by atoms with Crippen LogP contribution in [0.5, 0.6) is 11.5 Å². The molecule has 0 spiro atoms. The van der Waals surface area contributed by atoms with E-state index < -0.39 is 0 Å². The van der Waals surface area contributed by atoms with Gasteiger partial charge in [-0.05, 0) is 42.0 Å². The average Bonchev–Trinajstić information content (AvgIpc) is 2.92. The van der Waals surface area contributed by atoms with Crippen LogP contribution in [-0.4, -0.2) is 26.3 Å². The van der Waals surface area contributed by atoms with Crippen molar-refractivity contribution in [2.75, 3.05) is 26.3 Å². The van der Waals surface area contributed by atoms with Crippen LogP contribution < -0.4 is 14.8 Å². The summed E-state index contributed by atoms with van der Waals surface area (Å²) in [7, 11) is 0. The van der Waals surface area contributed by atoms with E-state index in [2.05, 4.69) is 25.2 Å². The van der Waals surface area contributed by atoms with Gasteiger partial charge < -0.3 is 14.8 Å². The van der Waals surface area contributed by atoms with Crippen molar-refractivity contribution in [3.63, 3.8) is 0 Å². The molecule has 0 aromatic heterocycles. The van der Waals surface area contributed by atoms with Gasteiger partial charge in [-0.1, -0.05) is 25.4 Å². The molecule has 19 heavy (non-hydrogen) atoms. The summed E-state index contributed by atoms with van der Waals surface area (Å²) in [5, 5.41) is 4.17. The molecule has 1 fully saturated rings. The van der Waals surface area contributed by atoms with Crippen molar-refractivity contribution < 1.29 is 9.47 Å². The monoisotopic (exact) mass is 281 g/mol. The number of hydrogen-bond acceptors (Lipinski definition) is 3. The molecule has 104 valence electrons. The quantitative estimate of drug-likeness (QED) is 0.902. The van der Waals surface area contributed by atoms with E-state index in [1.54, 1.807) is 0 Å². The summed E-state index contributed by atoms with van der Waals surface area (Å²) < 4.78 is 11.4. The van der Waals surface area contributed by atoms with Crippen LogP contribution in [0.4, 0.5) is 0 Å². The Labute approximate surface area is 119 Å². The van der Waals surface area contributed by atoms with Gasteiger partial charge >= 0.3 is 0 Å². The van der Waals surface area contributed by atoms with Crippen molar-refractivity contribution in [2.45, 2.75) is 32.1 Å². The number of nitrogens with one attached hydrogen (secondary N) is 1. The Kier molecular flexibility index (Phi) is 3.59. The van der Waals surface area contributed by atoms with Crippen LogP contribution in [-0.2, 0) is 0 Å². The van der Waals surface area contributed by atoms with Gasteiger partial charge in [-0.15, -0.1) is 0 Å². The fourth-order valence-corrected chi connectivity index (χ4v) is 3.50. The van der Waals surface area contributed by atoms with Crippen LogP contribution in [0.2, 0.25) is 5.02 Å². The first-order valence-corrected chi connectivity index (χ1v) is 7.39. The van der Waals surface area contributed by atoms with Crippen molar-refractivity contribution in [1.29, 1.82) is 0 Å². The summed E-state index contributed by atoms with van der Waals surface area (Å²) in [4.78, 5) is 0. The van der Waals surface area contributed by atoms with Crippen LogP contribution in [0.15, 0.2) is 6.07 Å². The zero-order valence-electron chi connectivity index (χ0n) is 11.5. The van der Waals surface area contributed by atoms with E-state index >= 15 is 0 Å². The molecule has 2 aliphatic heterocycles. The Morgan fingerprint density at radius 3 is 2.79 bits per heavy atom. The standard InChI is InChI=1S/C15H20ClNO2/c1-9(2)13-11(10-3-4-17-8-10)7-12-15(14(13)16)19-6-5-18-12/h7,9-10,17H,3-6,8H2,1-2H3. The third-order valence-electron chi connectivity index (χ3n) is 3.92. The second-order valence-corrected chi connectivity index (χ2v) is 5.94. The maximum Gasteiger partial charge on any atom is 0.180 e. The highest BCUT2D eigenvalue weighted by atomic mass is 35.5. The highest BCUT2D eigenvalue weighted by Gasteiger charge is 2.28. The lowest BCUT2D eigenvalue weighted by atomic mass is 9.87. The number of fused-ring (bicyclic) bond motifs is 1. The highest BCUT2D eigenvalue weighted by molar-refractivity contribution is 6.33. The highest BCUT2D eigenvalue weighted by Crippen LogP contribution is 2.46. The van der Waals surface area contributed by atoms with E-state index in [0.29, 0.717) is 25.0 Å². The molecule has 4 heteroatoms. The Bertz CT molecular complexity index is 482. The maximum atomic E-state index is 6.58. The number of benzene rings is 1. The smallest absolute Gasteiger partial charge is 0.180 e. The van der Waals surface area contributed by atoms with Gasteiger partial charge in [0.2, 0.25) is 0 Å². The average molecular weight is 282 g/mol. The zero-order valence-corrected chi connectivity index (χ0v) is 12.2. The van der Waals surface area contributed by atoms with Crippen LogP contribution in [0.1, 0.15) is 43.2 Å². The van der Waals surface area contributed by atoms with Gasteiger partial charge in [0.1, 0.15) is 13.2 Å². The molecule has 0 radical (unpaired) electrons. The molecule has 3 nitrogen and oxygen atoms in total. The van der Waals surface area contributed by atoms with Gasteiger partial charge in [0, 0.05) is 6.54 Å². The number of rotatable bonds is 2. The molecular formula is C15H20ClNO2. The molecule has 1 aromatic carbocycles. The van der Waals surface area contributed by atoms with Gasteiger partial charge in [-0.3, -0.25) is 0 Å². The fourth-order valence-electron chi connectivity index (χ4n) is 3.02. The van der Waals surface area contributed by atoms with Gasteiger partial charge in [-0.25, -0.2) is 0 Å². The normalized spacial score (nSPS) is 22.0.